The lowest BCUT2D eigenvalue weighted by Gasteiger charge is -2.01. The van der Waals surface area contributed by atoms with Crippen LogP contribution in [-0.2, 0) is 0 Å². The Hall–Kier alpha value is -1.84. The summed E-state index contributed by atoms with van der Waals surface area (Å²) >= 11 is 4.88. The van der Waals surface area contributed by atoms with Crippen LogP contribution in [-0.4, -0.2) is 14.6 Å². The molecular weight excluding hydrogens is 324 g/mol. The van der Waals surface area contributed by atoms with Gasteiger partial charge in [-0.3, -0.25) is 4.40 Å². The molecule has 0 aliphatic rings. The van der Waals surface area contributed by atoms with Crippen molar-refractivity contribution in [2.24, 2.45) is 0 Å². The summed E-state index contributed by atoms with van der Waals surface area (Å²) in [5, 5.41) is 18.0. The highest BCUT2D eigenvalue weighted by Crippen LogP contribution is 2.29. The minimum Gasteiger partial charge on any atom is -0.277 e. The smallest absolute Gasteiger partial charge is 0.200 e. The van der Waals surface area contributed by atoms with Crippen LogP contribution in [0.3, 0.4) is 0 Å². The molecule has 0 radical (unpaired) electrons. The molecule has 1 aromatic carbocycles. The van der Waals surface area contributed by atoms with E-state index in [1.54, 1.807) is 6.07 Å². The molecule has 0 atom stereocenters. The van der Waals surface area contributed by atoms with Gasteiger partial charge in [-0.25, -0.2) is 0 Å². The van der Waals surface area contributed by atoms with Gasteiger partial charge in [-0.15, -0.1) is 10.2 Å². The van der Waals surface area contributed by atoms with E-state index in [1.165, 1.54) is 11.8 Å². The van der Waals surface area contributed by atoms with Crippen molar-refractivity contribution in [1.29, 1.82) is 5.26 Å². The molecule has 0 amide bonds. The third-order valence-corrected chi connectivity index (χ3v) is 3.88. The van der Waals surface area contributed by atoms with Crippen LogP contribution in [0.1, 0.15) is 5.56 Å². The number of rotatable bonds is 2. The second-order valence-corrected chi connectivity index (χ2v) is 5.76. The first-order valence-electron chi connectivity index (χ1n) is 5.44. The minimum atomic E-state index is 0.616. The molecule has 2 aromatic heterocycles. The van der Waals surface area contributed by atoms with E-state index in [2.05, 4.69) is 32.2 Å². The third-order valence-electron chi connectivity index (χ3n) is 2.49. The zero-order valence-corrected chi connectivity index (χ0v) is 12.0. The van der Waals surface area contributed by atoms with Crippen molar-refractivity contribution in [1.82, 2.24) is 14.6 Å². The number of pyridine rings is 1. The van der Waals surface area contributed by atoms with E-state index in [4.69, 9.17) is 5.26 Å². The molecule has 0 spiro atoms. The van der Waals surface area contributed by atoms with Gasteiger partial charge < -0.3 is 0 Å². The summed E-state index contributed by atoms with van der Waals surface area (Å²) in [6.45, 7) is 0. The number of fused-ring (bicyclic) bond motifs is 1. The number of nitrogens with zero attached hydrogens (tertiary/aromatic N) is 4. The summed E-state index contributed by atoms with van der Waals surface area (Å²) in [6.07, 6.45) is 1.92. The third kappa shape index (κ3) is 2.48. The molecule has 6 heteroatoms. The Morgan fingerprint density at radius 1 is 1.21 bits per heavy atom. The lowest BCUT2D eigenvalue weighted by molar-refractivity contribution is 0.921. The highest BCUT2D eigenvalue weighted by molar-refractivity contribution is 9.10. The standard InChI is InChI=1S/C13H7BrN4S/c14-10-5-9(8-15)6-11(7-10)19-13-17-16-12-3-1-2-4-18(12)13/h1-7H. The molecule has 3 rings (SSSR count). The Balaban J connectivity index is 2.02. The number of nitriles is 1. The van der Waals surface area contributed by atoms with Gasteiger partial charge in [0, 0.05) is 15.6 Å². The monoisotopic (exact) mass is 330 g/mol. The van der Waals surface area contributed by atoms with Crippen LogP contribution in [0.15, 0.2) is 57.1 Å². The Labute approximate surface area is 122 Å². The van der Waals surface area contributed by atoms with Crippen molar-refractivity contribution in [3.63, 3.8) is 0 Å². The number of hydrogen-bond acceptors (Lipinski definition) is 4. The van der Waals surface area contributed by atoms with Crippen molar-refractivity contribution in [3.05, 3.63) is 52.6 Å². The van der Waals surface area contributed by atoms with Gasteiger partial charge in [0.25, 0.3) is 0 Å². The fourth-order valence-corrected chi connectivity index (χ4v) is 3.24. The van der Waals surface area contributed by atoms with Crippen LogP contribution >= 0.6 is 27.7 Å². The molecule has 0 aliphatic heterocycles. The molecular formula is C13H7BrN4S. The summed E-state index contributed by atoms with van der Waals surface area (Å²) in [5.41, 5.74) is 1.42. The van der Waals surface area contributed by atoms with E-state index < -0.39 is 0 Å². The number of hydrogen-bond donors (Lipinski definition) is 0. The molecule has 0 bridgehead atoms. The lowest BCUT2D eigenvalue weighted by Crippen LogP contribution is -1.86. The Kier molecular flexibility index (Phi) is 3.23. The van der Waals surface area contributed by atoms with Gasteiger partial charge in [-0.2, -0.15) is 5.26 Å². The van der Waals surface area contributed by atoms with Crippen molar-refractivity contribution in [3.8, 4) is 6.07 Å². The number of halogens is 1. The van der Waals surface area contributed by atoms with Crippen LogP contribution in [0.25, 0.3) is 5.65 Å². The zero-order valence-electron chi connectivity index (χ0n) is 9.62. The maximum atomic E-state index is 8.97. The predicted octanol–water partition coefficient (Wildman–Crippen LogP) is 3.51. The Morgan fingerprint density at radius 3 is 2.95 bits per heavy atom. The maximum absolute atomic E-state index is 8.97. The average Bonchev–Trinajstić information content (AvgIpc) is 2.82. The summed E-state index contributed by atoms with van der Waals surface area (Å²) in [7, 11) is 0. The predicted molar refractivity (Wildman–Crippen MR) is 76.0 cm³/mol. The minimum absolute atomic E-state index is 0.616. The topological polar surface area (TPSA) is 54.0 Å². The van der Waals surface area contributed by atoms with Gasteiger partial charge in [-0.05, 0) is 42.1 Å². The zero-order chi connectivity index (χ0) is 13.2. The first kappa shape index (κ1) is 12.2. The molecule has 0 N–H and O–H groups in total. The molecule has 0 unspecified atom stereocenters. The molecule has 19 heavy (non-hydrogen) atoms. The van der Waals surface area contributed by atoms with Crippen LogP contribution in [0.5, 0.6) is 0 Å². The summed E-state index contributed by atoms with van der Waals surface area (Å²) in [4.78, 5) is 0.948. The molecule has 4 nitrogen and oxygen atoms in total. The first-order valence-corrected chi connectivity index (χ1v) is 7.05. The van der Waals surface area contributed by atoms with Gasteiger partial charge in [0.05, 0.1) is 11.6 Å². The van der Waals surface area contributed by atoms with E-state index in [1.807, 2.05) is 40.9 Å². The number of benzene rings is 1. The summed E-state index contributed by atoms with van der Waals surface area (Å²) in [6, 6.07) is 13.5. The lowest BCUT2D eigenvalue weighted by atomic mass is 10.2. The Morgan fingerprint density at radius 2 is 2.11 bits per heavy atom. The second-order valence-electron chi connectivity index (χ2n) is 3.80. The van der Waals surface area contributed by atoms with Crippen LogP contribution in [0.4, 0.5) is 0 Å². The molecule has 0 fully saturated rings. The van der Waals surface area contributed by atoms with Crippen LogP contribution < -0.4 is 0 Å². The van der Waals surface area contributed by atoms with Crippen LogP contribution in [0, 0.1) is 11.3 Å². The highest BCUT2D eigenvalue weighted by atomic mass is 79.9. The summed E-state index contributed by atoms with van der Waals surface area (Å²) < 4.78 is 2.79. The van der Waals surface area contributed by atoms with Crippen molar-refractivity contribution < 1.29 is 0 Å². The van der Waals surface area contributed by atoms with E-state index >= 15 is 0 Å². The molecule has 2 heterocycles. The molecule has 0 saturated heterocycles. The van der Waals surface area contributed by atoms with E-state index in [0.717, 1.165) is 20.2 Å². The van der Waals surface area contributed by atoms with E-state index in [-0.39, 0.29) is 0 Å². The normalized spacial score (nSPS) is 10.5. The van der Waals surface area contributed by atoms with E-state index in [0.29, 0.717) is 5.56 Å². The molecule has 3 aromatic rings. The second kappa shape index (κ2) is 5.03. The van der Waals surface area contributed by atoms with Crippen molar-refractivity contribution in [2.75, 3.05) is 0 Å². The van der Waals surface area contributed by atoms with Crippen molar-refractivity contribution in [2.45, 2.75) is 10.1 Å². The van der Waals surface area contributed by atoms with Gasteiger partial charge in [0.1, 0.15) is 0 Å². The van der Waals surface area contributed by atoms with Crippen molar-refractivity contribution >= 4 is 33.3 Å². The van der Waals surface area contributed by atoms with Gasteiger partial charge in [-0.1, -0.05) is 22.0 Å². The Bertz CT molecular complexity index is 791. The number of aromatic nitrogens is 3. The first-order chi connectivity index (χ1) is 9.26. The summed E-state index contributed by atoms with van der Waals surface area (Å²) in [5.74, 6) is 0. The molecule has 92 valence electrons. The maximum Gasteiger partial charge on any atom is 0.200 e. The molecule has 0 aliphatic carbocycles. The highest BCUT2D eigenvalue weighted by Gasteiger charge is 2.08. The van der Waals surface area contributed by atoms with Gasteiger partial charge >= 0.3 is 0 Å². The molecule has 0 saturated carbocycles. The van der Waals surface area contributed by atoms with E-state index in [9.17, 15) is 0 Å². The fourth-order valence-electron chi connectivity index (χ4n) is 1.68. The SMILES string of the molecule is N#Cc1cc(Br)cc(Sc2nnc3ccccn23)c1. The van der Waals surface area contributed by atoms with Gasteiger partial charge in [0.15, 0.2) is 10.8 Å². The average molecular weight is 331 g/mol. The van der Waals surface area contributed by atoms with Gasteiger partial charge in [0.2, 0.25) is 0 Å². The quantitative estimate of drug-likeness (QED) is 0.721. The largest absolute Gasteiger partial charge is 0.277 e. The fraction of sp³-hybridized carbons (Fsp3) is 0. The van der Waals surface area contributed by atoms with Crippen LogP contribution in [0.2, 0.25) is 0 Å².